The second-order valence-corrected chi connectivity index (χ2v) is 4.13. The summed E-state index contributed by atoms with van der Waals surface area (Å²) < 4.78 is 5.57. The number of ether oxygens (including phenoxy) is 1. The molecule has 0 atom stereocenters. The molecule has 5 heteroatoms. The molecule has 0 bridgehead atoms. The molecule has 0 unspecified atom stereocenters. The third kappa shape index (κ3) is 3.18. The van der Waals surface area contributed by atoms with Crippen LogP contribution in [0, 0.1) is 0 Å². The summed E-state index contributed by atoms with van der Waals surface area (Å²) in [5.41, 5.74) is 0.852. The van der Waals surface area contributed by atoms with Crippen molar-refractivity contribution in [3.05, 3.63) is 42.2 Å². The van der Waals surface area contributed by atoms with Crippen molar-refractivity contribution in [3.63, 3.8) is 0 Å². The van der Waals surface area contributed by atoms with E-state index in [1.54, 1.807) is 18.2 Å². The monoisotopic (exact) mass is 248 g/mol. The zero-order valence-corrected chi connectivity index (χ0v) is 10.1. The molecule has 88 valence electrons. The van der Waals surface area contributed by atoms with E-state index in [1.165, 1.54) is 18.1 Å². The van der Waals surface area contributed by atoms with Gasteiger partial charge in [0.2, 0.25) is 5.88 Å². The van der Waals surface area contributed by atoms with Crippen LogP contribution in [0.3, 0.4) is 0 Å². The standard InChI is InChI=1S/C12H12N2O2S/c1-17-12-6-11(13-8-14-12)16-10-4-2-9(7-15)3-5-10/h2-6,8,15H,7H2,1H3. The van der Waals surface area contributed by atoms with Gasteiger partial charge in [0.15, 0.2) is 0 Å². The third-order valence-electron chi connectivity index (χ3n) is 2.15. The van der Waals surface area contributed by atoms with E-state index in [1.807, 2.05) is 18.4 Å². The summed E-state index contributed by atoms with van der Waals surface area (Å²) in [5, 5.41) is 9.79. The Labute approximate surface area is 104 Å². The molecule has 1 aromatic heterocycles. The summed E-state index contributed by atoms with van der Waals surface area (Å²) in [5.74, 6) is 1.20. The maximum atomic E-state index is 8.92. The van der Waals surface area contributed by atoms with Crippen LogP contribution in [0.5, 0.6) is 11.6 Å². The van der Waals surface area contributed by atoms with Crippen LogP contribution < -0.4 is 4.74 Å². The van der Waals surface area contributed by atoms with Crippen molar-refractivity contribution < 1.29 is 9.84 Å². The van der Waals surface area contributed by atoms with Crippen LogP contribution in [-0.2, 0) is 6.61 Å². The molecule has 4 nitrogen and oxygen atoms in total. The average Bonchev–Trinajstić information content (AvgIpc) is 2.40. The predicted molar refractivity (Wildman–Crippen MR) is 66.3 cm³/mol. The molecule has 0 radical (unpaired) electrons. The van der Waals surface area contributed by atoms with Gasteiger partial charge in [0, 0.05) is 6.07 Å². The fourth-order valence-corrected chi connectivity index (χ4v) is 1.65. The lowest BCUT2D eigenvalue weighted by Gasteiger charge is -2.05. The Balaban J connectivity index is 2.13. The number of aliphatic hydroxyl groups is 1. The largest absolute Gasteiger partial charge is 0.439 e. The lowest BCUT2D eigenvalue weighted by Crippen LogP contribution is -1.90. The first-order valence-corrected chi connectivity index (χ1v) is 6.28. The third-order valence-corrected chi connectivity index (χ3v) is 2.80. The molecule has 1 aromatic carbocycles. The minimum atomic E-state index is 0.0322. The smallest absolute Gasteiger partial charge is 0.223 e. The molecule has 2 aromatic rings. The fraction of sp³-hybridized carbons (Fsp3) is 0.167. The molecule has 0 saturated carbocycles. The van der Waals surface area contributed by atoms with Crippen LogP contribution in [0.15, 0.2) is 41.7 Å². The number of hydrogen-bond donors (Lipinski definition) is 1. The highest BCUT2D eigenvalue weighted by Crippen LogP contribution is 2.22. The minimum absolute atomic E-state index is 0.0322. The predicted octanol–water partition coefficient (Wildman–Crippen LogP) is 2.48. The number of aromatic nitrogens is 2. The quantitative estimate of drug-likeness (QED) is 0.665. The van der Waals surface area contributed by atoms with Crippen molar-refractivity contribution in [3.8, 4) is 11.6 Å². The van der Waals surface area contributed by atoms with Gasteiger partial charge in [-0.1, -0.05) is 12.1 Å². The van der Waals surface area contributed by atoms with E-state index in [9.17, 15) is 0 Å². The lowest BCUT2D eigenvalue weighted by atomic mass is 10.2. The van der Waals surface area contributed by atoms with Gasteiger partial charge in [0.05, 0.1) is 6.61 Å². The van der Waals surface area contributed by atoms with Gasteiger partial charge in [-0.05, 0) is 24.0 Å². The van der Waals surface area contributed by atoms with Gasteiger partial charge in [-0.2, -0.15) is 0 Å². The highest BCUT2D eigenvalue weighted by molar-refractivity contribution is 7.98. The van der Waals surface area contributed by atoms with Gasteiger partial charge in [-0.15, -0.1) is 11.8 Å². The highest BCUT2D eigenvalue weighted by Gasteiger charge is 2.01. The van der Waals surface area contributed by atoms with E-state index < -0.39 is 0 Å². The zero-order chi connectivity index (χ0) is 12.1. The Morgan fingerprint density at radius 2 is 2.00 bits per heavy atom. The molecule has 1 N–H and O–H groups in total. The molecule has 0 spiro atoms. The first kappa shape index (κ1) is 11.9. The first-order valence-electron chi connectivity index (χ1n) is 5.05. The minimum Gasteiger partial charge on any atom is -0.439 e. The molecule has 0 aliphatic carbocycles. The van der Waals surface area contributed by atoms with Crippen LogP contribution in [0.2, 0.25) is 0 Å². The molecule has 0 aliphatic rings. The van der Waals surface area contributed by atoms with Crippen molar-refractivity contribution in [2.75, 3.05) is 6.26 Å². The summed E-state index contributed by atoms with van der Waals surface area (Å²) in [4.78, 5) is 8.09. The number of hydrogen-bond acceptors (Lipinski definition) is 5. The van der Waals surface area contributed by atoms with E-state index in [2.05, 4.69) is 9.97 Å². The zero-order valence-electron chi connectivity index (χ0n) is 9.33. The molecule has 0 amide bonds. The maximum absolute atomic E-state index is 8.92. The Morgan fingerprint density at radius 3 is 2.65 bits per heavy atom. The summed E-state index contributed by atoms with van der Waals surface area (Å²) in [6.45, 7) is 0.0322. The summed E-state index contributed by atoms with van der Waals surface area (Å²) in [6.07, 6.45) is 3.42. The van der Waals surface area contributed by atoms with Crippen LogP contribution in [0.4, 0.5) is 0 Å². The first-order chi connectivity index (χ1) is 8.31. The van der Waals surface area contributed by atoms with Crippen molar-refractivity contribution in [2.24, 2.45) is 0 Å². The molecular formula is C12H12N2O2S. The Morgan fingerprint density at radius 1 is 1.24 bits per heavy atom. The van der Waals surface area contributed by atoms with E-state index in [-0.39, 0.29) is 6.61 Å². The molecule has 1 heterocycles. The van der Waals surface area contributed by atoms with Gasteiger partial charge in [-0.3, -0.25) is 0 Å². The fourth-order valence-electron chi connectivity index (χ4n) is 1.27. The van der Waals surface area contributed by atoms with Crippen LogP contribution in [0.1, 0.15) is 5.56 Å². The normalized spacial score (nSPS) is 10.2. The van der Waals surface area contributed by atoms with E-state index in [4.69, 9.17) is 9.84 Å². The molecule has 17 heavy (non-hydrogen) atoms. The molecular weight excluding hydrogens is 236 g/mol. The summed E-state index contributed by atoms with van der Waals surface area (Å²) in [7, 11) is 0. The van der Waals surface area contributed by atoms with Crippen molar-refractivity contribution in [1.82, 2.24) is 9.97 Å². The molecule has 2 rings (SSSR count). The Kier molecular flexibility index (Phi) is 3.95. The topological polar surface area (TPSA) is 55.2 Å². The van der Waals surface area contributed by atoms with Crippen molar-refractivity contribution in [2.45, 2.75) is 11.6 Å². The van der Waals surface area contributed by atoms with E-state index in [0.717, 1.165) is 10.6 Å². The van der Waals surface area contributed by atoms with Crippen LogP contribution in [0.25, 0.3) is 0 Å². The van der Waals surface area contributed by atoms with Crippen molar-refractivity contribution >= 4 is 11.8 Å². The van der Waals surface area contributed by atoms with Gasteiger partial charge in [-0.25, -0.2) is 9.97 Å². The number of nitrogens with zero attached hydrogens (tertiary/aromatic N) is 2. The second kappa shape index (κ2) is 5.65. The van der Waals surface area contributed by atoms with Gasteiger partial charge < -0.3 is 9.84 Å². The molecule has 0 aliphatic heterocycles. The summed E-state index contributed by atoms with van der Waals surface area (Å²) >= 11 is 1.54. The van der Waals surface area contributed by atoms with Crippen molar-refractivity contribution in [1.29, 1.82) is 0 Å². The van der Waals surface area contributed by atoms with Gasteiger partial charge >= 0.3 is 0 Å². The van der Waals surface area contributed by atoms with E-state index >= 15 is 0 Å². The Bertz CT molecular complexity index is 488. The van der Waals surface area contributed by atoms with Crippen LogP contribution in [-0.4, -0.2) is 21.3 Å². The van der Waals surface area contributed by atoms with E-state index in [0.29, 0.717) is 11.6 Å². The number of thioether (sulfide) groups is 1. The number of rotatable bonds is 4. The molecule has 0 fully saturated rings. The van der Waals surface area contributed by atoms with Gasteiger partial charge in [0.1, 0.15) is 17.1 Å². The molecule has 0 saturated heterocycles. The number of aliphatic hydroxyl groups excluding tert-OH is 1. The number of benzene rings is 1. The van der Waals surface area contributed by atoms with Gasteiger partial charge in [0.25, 0.3) is 0 Å². The second-order valence-electron chi connectivity index (χ2n) is 3.30. The van der Waals surface area contributed by atoms with Crippen LogP contribution >= 0.6 is 11.8 Å². The Hall–Kier alpha value is -1.59. The highest BCUT2D eigenvalue weighted by atomic mass is 32.2. The lowest BCUT2D eigenvalue weighted by molar-refractivity contribution is 0.281. The summed E-state index contributed by atoms with van der Waals surface area (Å²) in [6, 6.07) is 9.00. The average molecular weight is 248 g/mol. The maximum Gasteiger partial charge on any atom is 0.223 e. The SMILES string of the molecule is CSc1cc(Oc2ccc(CO)cc2)ncn1.